The summed E-state index contributed by atoms with van der Waals surface area (Å²) in [6, 6.07) is 3.76. The van der Waals surface area contributed by atoms with Crippen LogP contribution in [0.2, 0.25) is 0 Å². The summed E-state index contributed by atoms with van der Waals surface area (Å²) in [6.07, 6.45) is 4.02. The maximum atomic E-state index is 6.33. The Morgan fingerprint density at radius 2 is 2.04 bits per heavy atom. The highest BCUT2D eigenvalue weighted by Gasteiger charge is 2.28. The summed E-state index contributed by atoms with van der Waals surface area (Å²) in [6.45, 7) is 2.41. The average molecular weight is 419 g/mol. The Morgan fingerprint density at radius 3 is 2.88 bits per heavy atom. The first-order chi connectivity index (χ1) is 12.1. The summed E-state index contributed by atoms with van der Waals surface area (Å²) in [5, 5.41) is 5.34. The van der Waals surface area contributed by atoms with Crippen molar-refractivity contribution in [2.24, 2.45) is 7.05 Å². The molecular formula is C18H15BrN2O3S. The molecule has 0 bridgehead atoms. The first-order valence-electron chi connectivity index (χ1n) is 8.02. The van der Waals surface area contributed by atoms with Crippen LogP contribution in [0.3, 0.4) is 0 Å². The standard InChI is InChI=1S/C18H15BrN2O3S/c1-9-11-4-3-10-7-20-21(2)17(10)16(11)18(25-9)24-13-6-15-14(5-12(13)19)22-8-23-15/h5-7H,3-4,8H2,1-2H3. The van der Waals surface area contributed by atoms with Crippen molar-refractivity contribution in [3.05, 3.63) is 38.8 Å². The number of ether oxygens (including phenoxy) is 3. The molecule has 0 unspecified atom stereocenters. The molecule has 0 amide bonds. The molecule has 3 aromatic rings. The molecular weight excluding hydrogens is 404 g/mol. The van der Waals surface area contributed by atoms with Crippen molar-refractivity contribution in [1.29, 1.82) is 0 Å². The number of aryl methyl sites for hydroxylation is 3. The van der Waals surface area contributed by atoms with Gasteiger partial charge in [-0.25, -0.2) is 0 Å². The van der Waals surface area contributed by atoms with Crippen molar-refractivity contribution in [3.8, 4) is 33.6 Å². The quantitative estimate of drug-likeness (QED) is 0.597. The van der Waals surface area contributed by atoms with E-state index in [9.17, 15) is 0 Å². The van der Waals surface area contributed by atoms with E-state index in [1.165, 1.54) is 21.6 Å². The average Bonchev–Trinajstić information content (AvgIpc) is 3.27. The lowest BCUT2D eigenvalue weighted by atomic mass is 9.92. The van der Waals surface area contributed by atoms with Gasteiger partial charge in [-0.2, -0.15) is 5.10 Å². The third-order valence-electron chi connectivity index (χ3n) is 4.70. The van der Waals surface area contributed by atoms with Gasteiger partial charge in [0.25, 0.3) is 0 Å². The normalized spacial score (nSPS) is 14.4. The predicted molar refractivity (Wildman–Crippen MR) is 99.0 cm³/mol. The summed E-state index contributed by atoms with van der Waals surface area (Å²) in [4.78, 5) is 1.30. The molecule has 128 valence electrons. The monoisotopic (exact) mass is 418 g/mol. The fraction of sp³-hybridized carbons (Fsp3) is 0.278. The molecule has 1 aromatic carbocycles. The number of hydrogen-bond donors (Lipinski definition) is 0. The van der Waals surface area contributed by atoms with Gasteiger partial charge in [0.15, 0.2) is 16.6 Å². The maximum Gasteiger partial charge on any atom is 0.231 e. The first kappa shape index (κ1) is 15.3. The Bertz CT molecular complexity index is 1010. The second-order valence-electron chi connectivity index (χ2n) is 6.18. The number of thiophene rings is 1. The highest BCUT2D eigenvalue weighted by molar-refractivity contribution is 9.10. The van der Waals surface area contributed by atoms with Gasteiger partial charge in [0.1, 0.15) is 5.75 Å². The Kier molecular flexibility index (Phi) is 3.36. The van der Waals surface area contributed by atoms with Crippen LogP contribution in [0.4, 0.5) is 0 Å². The molecule has 0 atom stereocenters. The van der Waals surface area contributed by atoms with Gasteiger partial charge in [0, 0.05) is 24.1 Å². The van der Waals surface area contributed by atoms with E-state index in [1.54, 1.807) is 11.3 Å². The summed E-state index contributed by atoms with van der Waals surface area (Å²) >= 11 is 5.26. The molecule has 7 heteroatoms. The molecule has 0 fully saturated rings. The maximum absolute atomic E-state index is 6.33. The smallest absolute Gasteiger partial charge is 0.231 e. The molecule has 0 radical (unpaired) electrons. The van der Waals surface area contributed by atoms with E-state index in [0.29, 0.717) is 5.75 Å². The van der Waals surface area contributed by atoms with Crippen LogP contribution in [0.1, 0.15) is 16.0 Å². The third-order valence-corrected chi connectivity index (χ3v) is 6.35. The van der Waals surface area contributed by atoms with Gasteiger partial charge in [-0.15, -0.1) is 11.3 Å². The second kappa shape index (κ2) is 5.51. The van der Waals surface area contributed by atoms with Crippen LogP contribution in [0.5, 0.6) is 22.3 Å². The Labute approximate surface area is 157 Å². The van der Waals surface area contributed by atoms with Gasteiger partial charge in [0.05, 0.1) is 21.9 Å². The summed E-state index contributed by atoms with van der Waals surface area (Å²) in [5.74, 6) is 2.17. The number of halogens is 1. The minimum atomic E-state index is 0.247. The lowest BCUT2D eigenvalue weighted by molar-refractivity contribution is 0.174. The van der Waals surface area contributed by atoms with Crippen molar-refractivity contribution >= 4 is 27.3 Å². The molecule has 5 rings (SSSR count). The second-order valence-corrected chi connectivity index (χ2v) is 8.22. The number of benzene rings is 1. The number of rotatable bonds is 2. The topological polar surface area (TPSA) is 45.5 Å². The molecule has 0 saturated carbocycles. The summed E-state index contributed by atoms with van der Waals surface area (Å²) in [7, 11) is 1.99. The highest BCUT2D eigenvalue weighted by atomic mass is 79.9. The largest absolute Gasteiger partial charge is 0.454 e. The van der Waals surface area contributed by atoms with E-state index in [1.807, 2.05) is 30.1 Å². The minimum Gasteiger partial charge on any atom is -0.454 e. The summed E-state index contributed by atoms with van der Waals surface area (Å²) in [5.41, 5.74) is 4.99. The van der Waals surface area contributed by atoms with Crippen molar-refractivity contribution in [1.82, 2.24) is 9.78 Å². The third kappa shape index (κ3) is 2.29. The first-order valence-corrected chi connectivity index (χ1v) is 9.63. The van der Waals surface area contributed by atoms with E-state index in [-0.39, 0.29) is 6.79 Å². The molecule has 2 aliphatic rings. The van der Waals surface area contributed by atoms with Crippen LogP contribution in [0, 0.1) is 6.92 Å². The minimum absolute atomic E-state index is 0.247. The molecule has 0 N–H and O–H groups in total. The zero-order valence-electron chi connectivity index (χ0n) is 13.8. The van der Waals surface area contributed by atoms with Gasteiger partial charge in [-0.1, -0.05) is 0 Å². The zero-order chi connectivity index (χ0) is 17.1. The van der Waals surface area contributed by atoms with E-state index < -0.39 is 0 Å². The molecule has 0 saturated heterocycles. The van der Waals surface area contributed by atoms with E-state index in [0.717, 1.165) is 39.6 Å². The number of nitrogens with zero attached hydrogens (tertiary/aromatic N) is 2. The summed E-state index contributed by atoms with van der Waals surface area (Å²) < 4.78 is 20.0. The van der Waals surface area contributed by atoms with Gasteiger partial charge in [-0.3, -0.25) is 4.68 Å². The molecule has 1 aliphatic heterocycles. The molecule has 25 heavy (non-hydrogen) atoms. The van der Waals surface area contributed by atoms with Crippen LogP contribution >= 0.6 is 27.3 Å². The molecule has 1 aliphatic carbocycles. The van der Waals surface area contributed by atoms with Crippen LogP contribution in [-0.2, 0) is 19.9 Å². The van der Waals surface area contributed by atoms with E-state index >= 15 is 0 Å². The number of fused-ring (bicyclic) bond motifs is 4. The van der Waals surface area contributed by atoms with Gasteiger partial charge in [0.2, 0.25) is 6.79 Å². The lowest BCUT2D eigenvalue weighted by Gasteiger charge is -2.16. The fourth-order valence-corrected chi connectivity index (χ4v) is 4.95. The van der Waals surface area contributed by atoms with Crippen LogP contribution in [-0.4, -0.2) is 16.6 Å². The SMILES string of the molecule is Cc1sc(Oc2cc3c(cc2Br)OCO3)c2c1CCc1cnn(C)c1-2. The fourth-order valence-electron chi connectivity index (χ4n) is 3.49. The highest BCUT2D eigenvalue weighted by Crippen LogP contribution is 2.50. The van der Waals surface area contributed by atoms with Crippen LogP contribution in [0.15, 0.2) is 22.8 Å². The number of aromatic nitrogens is 2. The van der Waals surface area contributed by atoms with E-state index in [4.69, 9.17) is 14.2 Å². The number of hydrogen-bond acceptors (Lipinski definition) is 5. The molecule has 3 heterocycles. The van der Waals surface area contributed by atoms with E-state index in [2.05, 4.69) is 28.0 Å². The molecule has 2 aromatic heterocycles. The zero-order valence-corrected chi connectivity index (χ0v) is 16.2. The van der Waals surface area contributed by atoms with Crippen LogP contribution in [0.25, 0.3) is 11.3 Å². The van der Waals surface area contributed by atoms with Crippen molar-refractivity contribution in [3.63, 3.8) is 0 Å². The predicted octanol–water partition coefficient (Wildman–Crippen LogP) is 4.84. The van der Waals surface area contributed by atoms with Gasteiger partial charge >= 0.3 is 0 Å². The molecule has 0 spiro atoms. The van der Waals surface area contributed by atoms with Crippen molar-refractivity contribution in [2.75, 3.05) is 6.79 Å². The molecule has 5 nitrogen and oxygen atoms in total. The van der Waals surface area contributed by atoms with Crippen molar-refractivity contribution < 1.29 is 14.2 Å². The Balaban J connectivity index is 1.62. The van der Waals surface area contributed by atoms with Gasteiger partial charge < -0.3 is 14.2 Å². The Morgan fingerprint density at radius 1 is 1.24 bits per heavy atom. The lowest BCUT2D eigenvalue weighted by Crippen LogP contribution is -2.05. The van der Waals surface area contributed by atoms with Gasteiger partial charge in [-0.05, 0) is 46.8 Å². The van der Waals surface area contributed by atoms with Crippen LogP contribution < -0.4 is 14.2 Å². The Hall–Kier alpha value is -1.99. The van der Waals surface area contributed by atoms with Crippen molar-refractivity contribution in [2.45, 2.75) is 19.8 Å².